The van der Waals surface area contributed by atoms with Crippen molar-refractivity contribution >= 4 is 29.1 Å². The molecule has 1 atom stereocenters. The zero-order valence-electron chi connectivity index (χ0n) is 14.6. The monoisotopic (exact) mass is 407 g/mol. The number of carbonyl (C=O) groups is 1. The van der Waals surface area contributed by atoms with Crippen molar-refractivity contribution in [2.75, 3.05) is 26.4 Å². The Morgan fingerprint density at radius 1 is 1.11 bits per heavy atom. The number of hydrogen-bond donors (Lipinski definition) is 0. The third kappa shape index (κ3) is 3.80. The molecule has 1 fully saturated rings. The molecule has 1 unspecified atom stereocenters. The maximum atomic E-state index is 12.8. The second kappa shape index (κ2) is 7.87. The lowest BCUT2D eigenvalue weighted by Gasteiger charge is -2.27. The van der Waals surface area contributed by atoms with Crippen molar-refractivity contribution in [3.8, 4) is 17.2 Å². The van der Waals surface area contributed by atoms with Gasteiger partial charge in [0.1, 0.15) is 13.2 Å². The van der Waals surface area contributed by atoms with Crippen LogP contribution in [-0.4, -0.2) is 37.2 Å². The quantitative estimate of drug-likeness (QED) is 0.747. The summed E-state index contributed by atoms with van der Waals surface area (Å²) in [4.78, 5) is 14.6. The molecule has 7 heteroatoms. The molecule has 2 aromatic rings. The minimum atomic E-state index is -0.107. The molecule has 0 spiro atoms. The van der Waals surface area contributed by atoms with Gasteiger partial charge in [-0.1, -0.05) is 35.3 Å². The lowest BCUT2D eigenvalue weighted by Crippen LogP contribution is -2.34. The average molecular weight is 408 g/mol. The fourth-order valence-corrected chi connectivity index (χ4v) is 4.02. The Morgan fingerprint density at radius 3 is 2.63 bits per heavy atom. The second-order valence-corrected chi connectivity index (χ2v) is 7.30. The van der Waals surface area contributed by atoms with Crippen molar-refractivity contribution in [2.45, 2.75) is 18.9 Å². The van der Waals surface area contributed by atoms with Crippen molar-refractivity contribution in [1.29, 1.82) is 0 Å². The highest BCUT2D eigenvalue weighted by atomic mass is 35.5. The van der Waals surface area contributed by atoms with Crippen LogP contribution in [0.15, 0.2) is 36.4 Å². The number of fused-ring (bicyclic) bond motifs is 1. The Hall–Kier alpha value is -2.11. The SMILES string of the molecule is O=C(COc1c(Cl)cccc1Cl)N1CCCC1c1ccc2c(c1)OCCO2. The van der Waals surface area contributed by atoms with Gasteiger partial charge in [0.05, 0.1) is 16.1 Å². The molecule has 27 heavy (non-hydrogen) atoms. The molecule has 2 aromatic carbocycles. The van der Waals surface area contributed by atoms with Crippen LogP contribution in [0.25, 0.3) is 0 Å². The highest BCUT2D eigenvalue weighted by Crippen LogP contribution is 2.38. The van der Waals surface area contributed by atoms with E-state index in [-0.39, 0.29) is 18.6 Å². The molecule has 2 aliphatic rings. The van der Waals surface area contributed by atoms with Crippen molar-refractivity contribution in [3.05, 3.63) is 52.0 Å². The van der Waals surface area contributed by atoms with Crippen molar-refractivity contribution < 1.29 is 19.0 Å². The van der Waals surface area contributed by atoms with E-state index in [1.807, 2.05) is 23.1 Å². The molecule has 1 saturated heterocycles. The summed E-state index contributed by atoms with van der Waals surface area (Å²) in [7, 11) is 0. The zero-order chi connectivity index (χ0) is 18.8. The fourth-order valence-electron chi connectivity index (χ4n) is 3.52. The van der Waals surface area contributed by atoms with Crippen LogP contribution < -0.4 is 14.2 Å². The van der Waals surface area contributed by atoms with Gasteiger partial charge in [-0.05, 0) is 42.7 Å². The lowest BCUT2D eigenvalue weighted by molar-refractivity contribution is -0.134. The van der Waals surface area contributed by atoms with Gasteiger partial charge in [-0.2, -0.15) is 0 Å². The number of ether oxygens (including phenoxy) is 3. The fraction of sp³-hybridized carbons (Fsp3) is 0.350. The van der Waals surface area contributed by atoms with E-state index in [2.05, 4.69) is 0 Å². The number of benzene rings is 2. The molecule has 0 N–H and O–H groups in total. The summed E-state index contributed by atoms with van der Waals surface area (Å²) in [5, 5.41) is 0.778. The first-order chi connectivity index (χ1) is 13.1. The first-order valence-corrected chi connectivity index (χ1v) is 9.65. The number of likely N-dealkylation sites (tertiary alicyclic amines) is 1. The number of amides is 1. The summed E-state index contributed by atoms with van der Waals surface area (Å²) in [6.45, 7) is 1.68. The van der Waals surface area contributed by atoms with Crippen LogP contribution in [0.5, 0.6) is 17.2 Å². The molecule has 0 aliphatic carbocycles. The highest BCUT2D eigenvalue weighted by molar-refractivity contribution is 6.37. The van der Waals surface area contributed by atoms with E-state index in [4.69, 9.17) is 37.4 Å². The summed E-state index contributed by atoms with van der Waals surface area (Å²) in [5.41, 5.74) is 1.04. The van der Waals surface area contributed by atoms with E-state index < -0.39 is 0 Å². The Kier molecular flexibility index (Phi) is 5.32. The molecule has 4 rings (SSSR count). The maximum Gasteiger partial charge on any atom is 0.261 e. The van der Waals surface area contributed by atoms with Crippen molar-refractivity contribution in [2.24, 2.45) is 0 Å². The van der Waals surface area contributed by atoms with Gasteiger partial charge in [0.15, 0.2) is 23.9 Å². The van der Waals surface area contributed by atoms with Crippen LogP contribution in [0, 0.1) is 0 Å². The van der Waals surface area contributed by atoms with Crippen LogP contribution in [-0.2, 0) is 4.79 Å². The van der Waals surface area contributed by atoms with Crippen LogP contribution in [0.3, 0.4) is 0 Å². The Morgan fingerprint density at radius 2 is 1.85 bits per heavy atom. The Balaban J connectivity index is 1.47. The molecule has 0 aromatic heterocycles. The summed E-state index contributed by atoms with van der Waals surface area (Å²) in [6.07, 6.45) is 1.84. The Bertz CT molecular complexity index is 838. The molecule has 2 heterocycles. The van der Waals surface area contributed by atoms with E-state index in [1.54, 1.807) is 18.2 Å². The Labute approximate surface area is 167 Å². The van der Waals surface area contributed by atoms with E-state index in [0.717, 1.165) is 29.9 Å². The van der Waals surface area contributed by atoms with E-state index in [0.29, 0.717) is 35.6 Å². The van der Waals surface area contributed by atoms with Crippen molar-refractivity contribution in [3.63, 3.8) is 0 Å². The van der Waals surface area contributed by atoms with Gasteiger partial charge < -0.3 is 19.1 Å². The smallest absolute Gasteiger partial charge is 0.261 e. The average Bonchev–Trinajstić information content (AvgIpc) is 3.17. The van der Waals surface area contributed by atoms with Gasteiger partial charge in [-0.15, -0.1) is 0 Å². The van der Waals surface area contributed by atoms with Gasteiger partial charge in [0, 0.05) is 6.54 Å². The first-order valence-electron chi connectivity index (χ1n) is 8.89. The highest BCUT2D eigenvalue weighted by Gasteiger charge is 2.31. The molecule has 0 saturated carbocycles. The standard InChI is InChI=1S/C20H19Cl2NO4/c21-14-3-1-4-15(22)20(14)27-12-19(24)23-8-2-5-16(23)13-6-7-17-18(11-13)26-10-9-25-17/h1,3-4,6-7,11,16H,2,5,8-10,12H2. The van der Waals surface area contributed by atoms with Gasteiger partial charge in [-0.3, -0.25) is 4.79 Å². The van der Waals surface area contributed by atoms with Gasteiger partial charge in [0.2, 0.25) is 0 Å². The molecule has 2 aliphatic heterocycles. The second-order valence-electron chi connectivity index (χ2n) is 6.49. The van der Waals surface area contributed by atoms with Crippen LogP contribution >= 0.6 is 23.2 Å². The molecular weight excluding hydrogens is 389 g/mol. The summed E-state index contributed by atoms with van der Waals surface area (Å²) in [6, 6.07) is 11.0. The molecule has 0 bridgehead atoms. The number of hydrogen-bond acceptors (Lipinski definition) is 4. The molecule has 1 amide bonds. The maximum absolute atomic E-state index is 12.8. The minimum absolute atomic E-state index is 0.00126. The van der Waals surface area contributed by atoms with Gasteiger partial charge in [0.25, 0.3) is 5.91 Å². The third-order valence-corrected chi connectivity index (χ3v) is 5.38. The zero-order valence-corrected chi connectivity index (χ0v) is 16.1. The summed E-state index contributed by atoms with van der Waals surface area (Å²) >= 11 is 12.2. The van der Waals surface area contributed by atoms with Crippen LogP contribution in [0.4, 0.5) is 0 Å². The predicted molar refractivity (Wildman–Crippen MR) is 103 cm³/mol. The number of nitrogens with zero attached hydrogens (tertiary/aromatic N) is 1. The summed E-state index contributed by atoms with van der Waals surface area (Å²) in [5.74, 6) is 1.72. The number of para-hydroxylation sites is 1. The number of rotatable bonds is 4. The minimum Gasteiger partial charge on any atom is -0.486 e. The third-order valence-electron chi connectivity index (χ3n) is 4.78. The molecule has 5 nitrogen and oxygen atoms in total. The molecule has 142 valence electrons. The van der Waals surface area contributed by atoms with Gasteiger partial charge >= 0.3 is 0 Å². The molecule has 0 radical (unpaired) electrons. The normalized spacial score (nSPS) is 18.4. The first kappa shape index (κ1) is 18.3. The topological polar surface area (TPSA) is 48.0 Å². The number of halogens is 2. The lowest BCUT2D eigenvalue weighted by atomic mass is 10.0. The van der Waals surface area contributed by atoms with E-state index >= 15 is 0 Å². The van der Waals surface area contributed by atoms with E-state index in [9.17, 15) is 4.79 Å². The summed E-state index contributed by atoms with van der Waals surface area (Å²) < 4.78 is 16.9. The van der Waals surface area contributed by atoms with Crippen molar-refractivity contribution in [1.82, 2.24) is 4.90 Å². The van der Waals surface area contributed by atoms with Gasteiger partial charge in [-0.25, -0.2) is 0 Å². The largest absolute Gasteiger partial charge is 0.486 e. The van der Waals surface area contributed by atoms with E-state index in [1.165, 1.54) is 0 Å². The molecular formula is C20H19Cl2NO4. The number of carbonyl (C=O) groups excluding carboxylic acids is 1. The van der Waals surface area contributed by atoms with Crippen LogP contribution in [0.2, 0.25) is 10.0 Å². The predicted octanol–water partition coefficient (Wildman–Crippen LogP) is 4.51. The van der Waals surface area contributed by atoms with Crippen LogP contribution in [0.1, 0.15) is 24.4 Å².